The molecule has 8 nitrogen and oxygen atoms in total. The summed E-state index contributed by atoms with van der Waals surface area (Å²) in [5.74, 6) is 0.347. The number of H-pyrrole nitrogens is 1. The Morgan fingerprint density at radius 3 is 2.96 bits per heavy atom. The van der Waals surface area contributed by atoms with Crippen LogP contribution in [0.1, 0.15) is 38.1 Å². The van der Waals surface area contributed by atoms with Gasteiger partial charge in [-0.3, -0.25) is 9.71 Å². The summed E-state index contributed by atoms with van der Waals surface area (Å²) in [4.78, 5) is 7.87. The highest BCUT2D eigenvalue weighted by Gasteiger charge is 2.31. The first-order chi connectivity index (χ1) is 12.2. The van der Waals surface area contributed by atoms with Crippen molar-refractivity contribution in [2.45, 2.75) is 38.1 Å². The quantitative estimate of drug-likeness (QED) is 0.578. The third kappa shape index (κ3) is 2.58. The molecule has 128 valence electrons. The topological polar surface area (TPSA) is 111 Å². The predicted molar refractivity (Wildman–Crippen MR) is 88.7 cm³/mol. The molecule has 1 atom stereocenters. The van der Waals surface area contributed by atoms with Gasteiger partial charge in [0.1, 0.15) is 11.6 Å². The molecule has 3 heterocycles. The molecular formula is C17H18N6O2. The maximum absolute atomic E-state index is 12.5. The molecule has 0 radical (unpaired) electrons. The van der Waals surface area contributed by atoms with Crippen molar-refractivity contribution in [2.24, 2.45) is 5.92 Å². The summed E-state index contributed by atoms with van der Waals surface area (Å²) in [7, 11) is 0. The molecule has 1 aliphatic carbocycles. The predicted octanol–water partition coefficient (Wildman–Crippen LogP) is 1.94. The van der Waals surface area contributed by atoms with Crippen LogP contribution in [0.2, 0.25) is 0 Å². The molecule has 1 fully saturated rings. The van der Waals surface area contributed by atoms with E-state index in [4.69, 9.17) is 0 Å². The second-order valence-corrected chi connectivity index (χ2v) is 6.53. The minimum atomic E-state index is -0.131. The molecule has 3 aromatic rings. The Morgan fingerprint density at radius 2 is 2.20 bits per heavy atom. The van der Waals surface area contributed by atoms with Crippen molar-refractivity contribution in [2.75, 3.05) is 0 Å². The van der Waals surface area contributed by atoms with Crippen LogP contribution in [0.25, 0.3) is 22.3 Å². The van der Waals surface area contributed by atoms with E-state index in [-0.39, 0.29) is 6.04 Å². The van der Waals surface area contributed by atoms with E-state index in [2.05, 4.69) is 16.0 Å². The molecule has 3 aromatic heterocycles. The first-order valence-electron chi connectivity index (χ1n) is 8.43. The van der Waals surface area contributed by atoms with E-state index in [1.54, 1.807) is 23.1 Å². The van der Waals surface area contributed by atoms with Gasteiger partial charge in [0.2, 0.25) is 18.2 Å². The van der Waals surface area contributed by atoms with Crippen LogP contribution in [0.15, 0.2) is 31.0 Å². The van der Waals surface area contributed by atoms with Crippen LogP contribution in [-0.2, 0) is 0 Å². The van der Waals surface area contributed by atoms with Crippen molar-refractivity contribution < 1.29 is 9.58 Å². The van der Waals surface area contributed by atoms with Crippen LogP contribution < -0.4 is 9.58 Å². The monoisotopic (exact) mass is 338 g/mol. The molecule has 0 bridgehead atoms. The fourth-order valence-corrected chi connectivity index (χ4v) is 3.90. The molecule has 8 heteroatoms. The largest absolute Gasteiger partial charge is 0.740 e. The number of hydrogen-bond acceptors (Lipinski definition) is 4. The Balaban J connectivity index is 1.78. The van der Waals surface area contributed by atoms with Crippen molar-refractivity contribution in [3.05, 3.63) is 41.4 Å². The number of aromatic nitrogens is 5. The Morgan fingerprint density at radius 1 is 1.40 bits per heavy atom. The first kappa shape index (κ1) is 15.4. The summed E-state index contributed by atoms with van der Waals surface area (Å²) >= 11 is 0. The molecule has 4 rings (SSSR count). The zero-order chi connectivity index (χ0) is 17.4. The van der Waals surface area contributed by atoms with Crippen molar-refractivity contribution in [3.8, 4) is 17.3 Å². The lowest BCUT2D eigenvalue weighted by molar-refractivity contribution is -0.698. The van der Waals surface area contributed by atoms with Gasteiger partial charge in [0.25, 0.3) is 0 Å². The lowest BCUT2D eigenvalue weighted by atomic mass is 9.96. The minimum Gasteiger partial charge on any atom is -0.740 e. The first-order valence-corrected chi connectivity index (χ1v) is 8.43. The highest BCUT2D eigenvalue weighted by Crippen LogP contribution is 2.36. The van der Waals surface area contributed by atoms with Crippen molar-refractivity contribution >= 4 is 11.0 Å². The van der Waals surface area contributed by atoms with E-state index in [9.17, 15) is 15.7 Å². The molecule has 0 aromatic carbocycles. The van der Waals surface area contributed by atoms with Gasteiger partial charge in [0, 0.05) is 0 Å². The zero-order valence-electron chi connectivity index (χ0n) is 13.6. The Bertz CT molecular complexity index is 948. The molecular weight excluding hydrogens is 320 g/mol. The summed E-state index contributed by atoms with van der Waals surface area (Å²) < 4.78 is 2.27. The van der Waals surface area contributed by atoms with E-state index in [1.807, 2.05) is 0 Å². The van der Waals surface area contributed by atoms with Crippen LogP contribution in [-0.4, -0.2) is 14.6 Å². The molecule has 0 unspecified atom stereocenters. The SMILES string of the molecule is N#CC[C@H](C1CCCC1)n1cc(-c2nc[n+]([O-])c3[nH]ccc23)c[n+]1[O-]. The van der Waals surface area contributed by atoms with Gasteiger partial charge in [-0.2, -0.15) is 5.26 Å². The second kappa shape index (κ2) is 6.09. The van der Waals surface area contributed by atoms with E-state index in [1.165, 1.54) is 12.5 Å². The van der Waals surface area contributed by atoms with Gasteiger partial charge in [0.05, 0.1) is 30.3 Å². The van der Waals surface area contributed by atoms with Gasteiger partial charge < -0.3 is 10.4 Å². The average molecular weight is 338 g/mol. The summed E-state index contributed by atoms with van der Waals surface area (Å²) in [6.07, 6.45) is 10.8. The number of nitrogens with one attached hydrogen (secondary N) is 1. The molecule has 1 aliphatic rings. The fourth-order valence-electron chi connectivity index (χ4n) is 3.90. The van der Waals surface area contributed by atoms with Gasteiger partial charge in [-0.15, -0.1) is 9.67 Å². The van der Waals surface area contributed by atoms with Crippen LogP contribution in [0.5, 0.6) is 0 Å². The Kier molecular flexibility index (Phi) is 3.76. The van der Waals surface area contributed by atoms with E-state index < -0.39 is 0 Å². The maximum atomic E-state index is 12.5. The molecule has 25 heavy (non-hydrogen) atoms. The van der Waals surface area contributed by atoms with Crippen LogP contribution >= 0.6 is 0 Å². The third-order valence-electron chi connectivity index (χ3n) is 5.10. The van der Waals surface area contributed by atoms with Crippen molar-refractivity contribution in [1.82, 2.24) is 14.6 Å². The van der Waals surface area contributed by atoms with E-state index in [0.29, 0.717) is 39.4 Å². The highest BCUT2D eigenvalue weighted by atomic mass is 16.5. The second-order valence-electron chi connectivity index (χ2n) is 6.53. The van der Waals surface area contributed by atoms with Gasteiger partial charge in [0.15, 0.2) is 5.69 Å². The number of hydrogen-bond donors (Lipinski definition) is 1. The van der Waals surface area contributed by atoms with Gasteiger partial charge in [-0.25, -0.2) is 0 Å². The van der Waals surface area contributed by atoms with Gasteiger partial charge in [-0.1, -0.05) is 17.7 Å². The number of nitrogens with zero attached hydrogens (tertiary/aromatic N) is 5. The molecule has 0 saturated heterocycles. The number of aromatic amines is 1. The summed E-state index contributed by atoms with van der Waals surface area (Å²) in [5.41, 5.74) is 1.62. The summed E-state index contributed by atoms with van der Waals surface area (Å²) in [6.45, 7) is 0. The molecule has 1 saturated carbocycles. The van der Waals surface area contributed by atoms with Gasteiger partial charge in [-0.05, 0) is 24.8 Å². The Labute approximate surface area is 144 Å². The summed E-state index contributed by atoms with van der Waals surface area (Å²) in [6, 6.07) is 3.85. The average Bonchev–Trinajstić information content (AvgIpc) is 3.34. The smallest absolute Gasteiger partial charge is 0.237 e. The van der Waals surface area contributed by atoms with E-state index >= 15 is 0 Å². The van der Waals surface area contributed by atoms with Crippen LogP contribution in [0.3, 0.4) is 0 Å². The number of rotatable bonds is 4. The number of nitriles is 1. The molecule has 0 spiro atoms. The normalized spacial score (nSPS) is 16.3. The minimum absolute atomic E-state index is 0.131. The standard InChI is InChI=1S/C17H18N6O2/c18-7-5-15(12-3-1-2-4-12)21-9-13(10-23(21)25)16-14-6-8-19-17(14)22(24)11-20-16/h6,8-12,15,19H,1-5H2/t15-/m1/s1. The number of fused-ring (bicyclic) bond motifs is 1. The zero-order valence-corrected chi connectivity index (χ0v) is 13.6. The van der Waals surface area contributed by atoms with Crippen molar-refractivity contribution in [1.29, 1.82) is 5.26 Å². The highest BCUT2D eigenvalue weighted by molar-refractivity contribution is 5.88. The third-order valence-corrected chi connectivity index (χ3v) is 5.10. The lowest BCUT2D eigenvalue weighted by Gasteiger charge is -2.20. The molecule has 1 N–H and O–H groups in total. The molecule has 0 amide bonds. The van der Waals surface area contributed by atoms with Crippen molar-refractivity contribution in [3.63, 3.8) is 0 Å². The maximum Gasteiger partial charge on any atom is 0.237 e. The van der Waals surface area contributed by atoms with Crippen LogP contribution in [0.4, 0.5) is 0 Å². The fraction of sp³-hybridized carbons (Fsp3) is 0.412. The van der Waals surface area contributed by atoms with Gasteiger partial charge >= 0.3 is 0 Å². The van der Waals surface area contributed by atoms with E-state index in [0.717, 1.165) is 30.5 Å². The van der Waals surface area contributed by atoms with Crippen LogP contribution in [0, 0.1) is 27.7 Å². The lowest BCUT2D eigenvalue weighted by Crippen LogP contribution is -2.40. The Hall–Kier alpha value is -3.08. The molecule has 0 aliphatic heterocycles. The summed E-state index contributed by atoms with van der Waals surface area (Å²) in [5, 5.41) is 34.1.